The molecule has 1 rings (SSSR count). The van der Waals surface area contributed by atoms with E-state index in [-0.39, 0.29) is 6.61 Å². The second kappa shape index (κ2) is 3.45. The summed E-state index contributed by atoms with van der Waals surface area (Å²) in [5, 5.41) is 38.3. The minimum Gasteiger partial charge on any atom is -0.396 e. The van der Waals surface area contributed by atoms with Gasteiger partial charge < -0.3 is 20.4 Å². The quantitative estimate of drug-likeness (QED) is 0.464. The van der Waals surface area contributed by atoms with E-state index < -0.39 is 29.1 Å². The average molecular weight is 204 g/mol. The third-order valence-electron chi connectivity index (χ3n) is 3.38. The van der Waals surface area contributed by atoms with Crippen LogP contribution in [0, 0.1) is 10.8 Å². The fraction of sp³-hybridized carbons (Fsp3) is 1.00. The van der Waals surface area contributed by atoms with Crippen molar-refractivity contribution < 1.29 is 20.4 Å². The molecule has 4 unspecified atom stereocenters. The van der Waals surface area contributed by atoms with Gasteiger partial charge in [-0.3, -0.25) is 0 Å². The first-order valence-corrected chi connectivity index (χ1v) is 4.90. The molecule has 4 N–H and O–H groups in total. The fourth-order valence-corrected chi connectivity index (χ4v) is 2.45. The first-order valence-electron chi connectivity index (χ1n) is 4.90. The highest BCUT2D eigenvalue weighted by Gasteiger charge is 2.52. The van der Waals surface area contributed by atoms with Gasteiger partial charge >= 0.3 is 0 Å². The van der Waals surface area contributed by atoms with Crippen LogP contribution in [0.2, 0.25) is 0 Å². The van der Waals surface area contributed by atoms with Crippen molar-refractivity contribution in [1.82, 2.24) is 0 Å². The molecule has 84 valence electrons. The summed E-state index contributed by atoms with van der Waals surface area (Å²) in [5.41, 5.74) is -1.22. The van der Waals surface area contributed by atoms with Crippen molar-refractivity contribution in [3.63, 3.8) is 0 Å². The van der Waals surface area contributed by atoms with Crippen molar-refractivity contribution in [2.24, 2.45) is 10.8 Å². The van der Waals surface area contributed by atoms with E-state index in [1.54, 1.807) is 6.92 Å². The van der Waals surface area contributed by atoms with Crippen molar-refractivity contribution in [2.45, 2.75) is 45.5 Å². The Morgan fingerprint density at radius 3 is 2.00 bits per heavy atom. The summed E-state index contributed by atoms with van der Waals surface area (Å²) in [5.74, 6) is 0. The predicted molar refractivity (Wildman–Crippen MR) is 51.6 cm³/mol. The van der Waals surface area contributed by atoms with Gasteiger partial charge in [-0.05, 0) is 11.8 Å². The van der Waals surface area contributed by atoms with Crippen molar-refractivity contribution >= 4 is 0 Å². The summed E-state index contributed by atoms with van der Waals surface area (Å²) < 4.78 is 0. The summed E-state index contributed by atoms with van der Waals surface area (Å²) in [6.07, 6.45) is -2.72. The molecule has 0 bridgehead atoms. The molecular formula is C10H20O4. The highest BCUT2D eigenvalue weighted by atomic mass is 16.4. The Kier molecular flexibility index (Phi) is 2.94. The van der Waals surface area contributed by atoms with E-state index in [0.29, 0.717) is 6.42 Å². The number of hydrogen-bond acceptors (Lipinski definition) is 4. The van der Waals surface area contributed by atoms with Crippen molar-refractivity contribution in [1.29, 1.82) is 0 Å². The zero-order valence-electron chi connectivity index (χ0n) is 8.94. The number of aliphatic hydroxyl groups is 4. The molecule has 0 spiro atoms. The highest BCUT2D eigenvalue weighted by molar-refractivity contribution is 5.02. The highest BCUT2D eigenvalue weighted by Crippen LogP contribution is 2.45. The lowest BCUT2D eigenvalue weighted by atomic mass is 9.60. The topological polar surface area (TPSA) is 80.9 Å². The molecule has 0 radical (unpaired) electrons. The molecule has 0 amide bonds. The maximum absolute atomic E-state index is 9.73. The molecule has 1 fully saturated rings. The molecule has 0 aliphatic heterocycles. The molecule has 0 aromatic heterocycles. The Hall–Kier alpha value is -0.160. The predicted octanol–water partition coefficient (Wildman–Crippen LogP) is -0.502. The van der Waals surface area contributed by atoms with Crippen LogP contribution in [0.1, 0.15) is 27.2 Å². The number of aliphatic hydroxyl groups excluding tert-OH is 4. The second-order valence-electron chi connectivity index (χ2n) is 5.36. The Bertz CT molecular complexity index is 216. The van der Waals surface area contributed by atoms with Gasteiger partial charge in [-0.1, -0.05) is 20.8 Å². The number of hydrogen-bond donors (Lipinski definition) is 4. The van der Waals surface area contributed by atoms with E-state index in [2.05, 4.69) is 0 Å². The van der Waals surface area contributed by atoms with Crippen LogP contribution in [-0.2, 0) is 0 Å². The molecular weight excluding hydrogens is 184 g/mol. The first-order chi connectivity index (χ1) is 6.24. The first kappa shape index (κ1) is 11.9. The van der Waals surface area contributed by atoms with E-state index in [1.807, 2.05) is 13.8 Å². The summed E-state index contributed by atoms with van der Waals surface area (Å²) in [7, 11) is 0. The van der Waals surface area contributed by atoms with Crippen LogP contribution >= 0.6 is 0 Å². The maximum Gasteiger partial charge on any atom is 0.107 e. The minimum absolute atomic E-state index is 0.193. The molecule has 4 nitrogen and oxygen atoms in total. The molecule has 1 saturated carbocycles. The SMILES string of the molecule is CC1(C)CC(C)(CO)C(O)C(O)C1O. The molecule has 1 aliphatic carbocycles. The molecule has 1 aliphatic rings. The second-order valence-corrected chi connectivity index (χ2v) is 5.36. The maximum atomic E-state index is 9.73. The average Bonchev–Trinajstić information content (AvgIpc) is 2.11. The van der Waals surface area contributed by atoms with Crippen LogP contribution in [0.3, 0.4) is 0 Å². The third-order valence-corrected chi connectivity index (χ3v) is 3.38. The number of rotatable bonds is 1. The van der Waals surface area contributed by atoms with Gasteiger partial charge in [0.05, 0.1) is 18.8 Å². The molecule has 4 heteroatoms. The molecule has 0 saturated heterocycles. The van der Waals surface area contributed by atoms with Crippen LogP contribution in [0.15, 0.2) is 0 Å². The van der Waals surface area contributed by atoms with Gasteiger partial charge in [-0.25, -0.2) is 0 Å². The standard InChI is InChI=1S/C10H20O4/c1-9(2)4-10(3,5-11)8(14)6(12)7(9)13/h6-8,11-14H,4-5H2,1-3H3. The van der Waals surface area contributed by atoms with Crippen LogP contribution in [0.4, 0.5) is 0 Å². The summed E-state index contributed by atoms with van der Waals surface area (Å²) >= 11 is 0. The van der Waals surface area contributed by atoms with Gasteiger partial charge in [0.1, 0.15) is 6.10 Å². The zero-order chi connectivity index (χ0) is 11.1. The lowest BCUT2D eigenvalue weighted by Gasteiger charge is -2.50. The Morgan fingerprint density at radius 1 is 1.07 bits per heavy atom. The smallest absolute Gasteiger partial charge is 0.107 e. The van der Waals surface area contributed by atoms with Crippen molar-refractivity contribution in [2.75, 3.05) is 6.61 Å². The van der Waals surface area contributed by atoms with Gasteiger partial charge in [-0.15, -0.1) is 0 Å². The van der Waals surface area contributed by atoms with Crippen LogP contribution in [0.25, 0.3) is 0 Å². The summed E-state index contributed by atoms with van der Waals surface area (Å²) in [6, 6.07) is 0. The molecule has 4 atom stereocenters. The van der Waals surface area contributed by atoms with Gasteiger partial charge in [0.25, 0.3) is 0 Å². The van der Waals surface area contributed by atoms with E-state index >= 15 is 0 Å². The fourth-order valence-electron chi connectivity index (χ4n) is 2.45. The van der Waals surface area contributed by atoms with Gasteiger partial charge in [0.15, 0.2) is 0 Å². The molecule has 14 heavy (non-hydrogen) atoms. The van der Waals surface area contributed by atoms with E-state index in [4.69, 9.17) is 0 Å². The van der Waals surface area contributed by atoms with Crippen molar-refractivity contribution in [3.05, 3.63) is 0 Å². The Labute approximate surface area is 84.2 Å². The largest absolute Gasteiger partial charge is 0.396 e. The van der Waals surface area contributed by atoms with Crippen LogP contribution in [0.5, 0.6) is 0 Å². The third kappa shape index (κ3) is 1.67. The molecule has 0 aromatic rings. The zero-order valence-corrected chi connectivity index (χ0v) is 8.94. The molecule has 0 heterocycles. The van der Waals surface area contributed by atoms with E-state index in [0.717, 1.165) is 0 Å². The van der Waals surface area contributed by atoms with Gasteiger partial charge in [0.2, 0.25) is 0 Å². The van der Waals surface area contributed by atoms with Crippen LogP contribution < -0.4 is 0 Å². The summed E-state index contributed by atoms with van der Waals surface area (Å²) in [6.45, 7) is 5.16. The van der Waals surface area contributed by atoms with E-state index in [1.165, 1.54) is 0 Å². The summed E-state index contributed by atoms with van der Waals surface area (Å²) in [4.78, 5) is 0. The van der Waals surface area contributed by atoms with Crippen molar-refractivity contribution in [3.8, 4) is 0 Å². The Balaban J connectivity index is 2.96. The minimum atomic E-state index is -1.18. The lowest BCUT2D eigenvalue weighted by Crippen LogP contribution is -2.60. The lowest BCUT2D eigenvalue weighted by molar-refractivity contribution is -0.197. The molecule has 0 aromatic carbocycles. The Morgan fingerprint density at radius 2 is 1.57 bits per heavy atom. The van der Waals surface area contributed by atoms with Gasteiger partial charge in [-0.2, -0.15) is 0 Å². The normalized spacial score (nSPS) is 47.8. The monoisotopic (exact) mass is 204 g/mol. The van der Waals surface area contributed by atoms with Crippen LogP contribution in [-0.4, -0.2) is 45.3 Å². The van der Waals surface area contributed by atoms with Gasteiger partial charge in [0, 0.05) is 5.41 Å². The van der Waals surface area contributed by atoms with E-state index in [9.17, 15) is 20.4 Å².